The normalized spacial score (nSPS) is 13.3. The minimum absolute atomic E-state index is 0.0239. The number of fused-ring (bicyclic) bond motifs is 2. The Kier molecular flexibility index (Phi) is 3.88. The maximum absolute atomic E-state index is 12.7. The maximum atomic E-state index is 12.7. The van der Waals surface area contributed by atoms with Gasteiger partial charge in [0.05, 0.1) is 17.0 Å². The van der Waals surface area contributed by atoms with Crippen LogP contribution in [0.3, 0.4) is 0 Å². The zero-order valence-electron chi connectivity index (χ0n) is 13.5. The van der Waals surface area contributed by atoms with Crippen LogP contribution in [0.1, 0.15) is 26.3 Å². The number of imide groups is 1. The van der Waals surface area contributed by atoms with Gasteiger partial charge in [-0.3, -0.25) is 24.6 Å². The smallest absolute Gasteiger partial charge is 0.336 e. The summed E-state index contributed by atoms with van der Waals surface area (Å²) in [5.74, 6) is -1.40. The lowest BCUT2D eigenvalue weighted by Crippen LogP contribution is -2.29. The first-order valence-electron chi connectivity index (χ1n) is 7.72. The van der Waals surface area contributed by atoms with Crippen LogP contribution in [0, 0.1) is 10.1 Å². The molecule has 8 nitrogen and oxygen atoms in total. The second-order valence-corrected chi connectivity index (χ2v) is 6.80. The summed E-state index contributed by atoms with van der Waals surface area (Å²) in [6.45, 7) is -0.201. The van der Waals surface area contributed by atoms with Gasteiger partial charge in [-0.15, -0.1) is 0 Å². The van der Waals surface area contributed by atoms with Crippen LogP contribution >= 0.6 is 15.9 Å². The van der Waals surface area contributed by atoms with E-state index >= 15 is 0 Å². The van der Waals surface area contributed by atoms with Crippen LogP contribution in [-0.2, 0) is 6.54 Å². The number of nitro benzene ring substituents is 1. The number of carbonyl (C=O) groups excluding carboxylic acids is 2. The van der Waals surface area contributed by atoms with Crippen molar-refractivity contribution in [1.82, 2.24) is 4.90 Å². The minimum atomic E-state index is -0.763. The number of nitro groups is 1. The predicted octanol–water partition coefficient (Wildman–Crippen LogP) is 3.26. The van der Waals surface area contributed by atoms with Crippen molar-refractivity contribution < 1.29 is 18.9 Å². The molecule has 0 N–H and O–H groups in total. The SMILES string of the molecule is O=C1c2cccc([N+](=O)[O-])c2C(=O)N1Cc1cc(=O)oc2cc(Br)ccc12. The van der Waals surface area contributed by atoms with Gasteiger partial charge in [0.25, 0.3) is 17.5 Å². The van der Waals surface area contributed by atoms with E-state index in [1.807, 2.05) is 0 Å². The fourth-order valence-electron chi connectivity index (χ4n) is 3.12. The van der Waals surface area contributed by atoms with Crippen molar-refractivity contribution in [2.45, 2.75) is 6.54 Å². The number of rotatable bonds is 3. The highest BCUT2D eigenvalue weighted by atomic mass is 79.9. The highest BCUT2D eigenvalue weighted by Crippen LogP contribution is 2.32. The van der Waals surface area contributed by atoms with Crippen LogP contribution in [0.2, 0.25) is 0 Å². The number of hydrogen-bond acceptors (Lipinski definition) is 6. The molecule has 134 valence electrons. The molecule has 1 aliphatic rings. The minimum Gasteiger partial charge on any atom is -0.423 e. The van der Waals surface area contributed by atoms with Crippen molar-refractivity contribution in [2.75, 3.05) is 0 Å². The van der Waals surface area contributed by atoms with Crippen molar-refractivity contribution in [3.8, 4) is 0 Å². The lowest BCUT2D eigenvalue weighted by molar-refractivity contribution is -0.385. The number of amides is 2. The van der Waals surface area contributed by atoms with Gasteiger partial charge in [-0.05, 0) is 29.8 Å². The molecule has 0 aliphatic carbocycles. The van der Waals surface area contributed by atoms with Crippen molar-refractivity contribution in [2.24, 2.45) is 0 Å². The van der Waals surface area contributed by atoms with E-state index in [4.69, 9.17) is 4.42 Å². The van der Waals surface area contributed by atoms with Gasteiger partial charge in [0, 0.05) is 22.0 Å². The third-order valence-electron chi connectivity index (χ3n) is 4.29. The van der Waals surface area contributed by atoms with Gasteiger partial charge in [0.15, 0.2) is 0 Å². The number of hydrogen-bond donors (Lipinski definition) is 0. The zero-order valence-corrected chi connectivity index (χ0v) is 15.1. The quantitative estimate of drug-likeness (QED) is 0.274. The van der Waals surface area contributed by atoms with Crippen LogP contribution in [0.15, 0.2) is 56.1 Å². The molecule has 3 aromatic rings. The molecule has 0 bridgehead atoms. The fraction of sp³-hybridized carbons (Fsp3) is 0.0556. The van der Waals surface area contributed by atoms with Crippen LogP contribution in [0.5, 0.6) is 0 Å². The largest absolute Gasteiger partial charge is 0.423 e. The Hall–Kier alpha value is -3.33. The molecule has 1 aromatic heterocycles. The Morgan fingerprint density at radius 1 is 1.07 bits per heavy atom. The van der Waals surface area contributed by atoms with E-state index in [0.717, 1.165) is 4.90 Å². The topological polar surface area (TPSA) is 111 Å². The Morgan fingerprint density at radius 3 is 2.59 bits per heavy atom. The third kappa shape index (κ3) is 2.72. The van der Waals surface area contributed by atoms with Gasteiger partial charge in [-0.2, -0.15) is 0 Å². The molecule has 0 atom stereocenters. The van der Waals surface area contributed by atoms with Crippen molar-refractivity contribution >= 4 is 44.4 Å². The Bertz CT molecular complexity index is 1220. The van der Waals surface area contributed by atoms with Gasteiger partial charge in [0.1, 0.15) is 11.1 Å². The first-order valence-corrected chi connectivity index (χ1v) is 8.52. The molecule has 2 amide bonds. The van der Waals surface area contributed by atoms with E-state index in [-0.39, 0.29) is 17.7 Å². The number of carbonyl (C=O) groups is 2. The molecule has 0 saturated heterocycles. The molecule has 0 spiro atoms. The molecule has 0 unspecified atom stereocenters. The summed E-state index contributed by atoms with van der Waals surface area (Å²) < 4.78 is 5.85. The highest BCUT2D eigenvalue weighted by molar-refractivity contribution is 9.10. The zero-order chi connectivity index (χ0) is 19.3. The Morgan fingerprint density at radius 2 is 1.85 bits per heavy atom. The molecular weight excluding hydrogens is 420 g/mol. The molecule has 4 rings (SSSR count). The fourth-order valence-corrected chi connectivity index (χ4v) is 3.46. The summed E-state index contributed by atoms with van der Waals surface area (Å²) in [4.78, 5) is 48.6. The number of halogens is 1. The lowest BCUT2D eigenvalue weighted by Gasteiger charge is -2.15. The predicted molar refractivity (Wildman–Crippen MR) is 97.5 cm³/mol. The van der Waals surface area contributed by atoms with E-state index in [1.54, 1.807) is 18.2 Å². The molecule has 9 heteroatoms. The molecule has 0 fully saturated rings. The first-order chi connectivity index (χ1) is 12.9. The average molecular weight is 429 g/mol. The molecule has 1 aliphatic heterocycles. The van der Waals surface area contributed by atoms with E-state index in [0.29, 0.717) is 21.0 Å². The number of benzene rings is 2. The molecule has 2 heterocycles. The summed E-state index contributed by atoms with van der Waals surface area (Å²) in [6.07, 6.45) is 0. The second-order valence-electron chi connectivity index (χ2n) is 5.88. The summed E-state index contributed by atoms with van der Waals surface area (Å²) in [5.41, 5.74) is -0.597. The van der Waals surface area contributed by atoms with Gasteiger partial charge in [-0.25, -0.2) is 4.79 Å². The van der Waals surface area contributed by atoms with Crippen molar-refractivity contribution in [1.29, 1.82) is 0 Å². The third-order valence-corrected chi connectivity index (χ3v) is 4.79. The van der Waals surface area contributed by atoms with Gasteiger partial charge in [0.2, 0.25) is 0 Å². The summed E-state index contributed by atoms with van der Waals surface area (Å²) in [6, 6.07) is 10.1. The van der Waals surface area contributed by atoms with E-state index in [9.17, 15) is 24.5 Å². The summed E-state index contributed by atoms with van der Waals surface area (Å²) in [7, 11) is 0. The Labute approximate surface area is 159 Å². The van der Waals surface area contributed by atoms with E-state index in [2.05, 4.69) is 15.9 Å². The lowest BCUT2D eigenvalue weighted by atomic mass is 10.1. The highest BCUT2D eigenvalue weighted by Gasteiger charge is 2.41. The molecule has 0 saturated carbocycles. The molecular formula is C18H9BrN2O6. The number of nitrogens with zero attached hydrogens (tertiary/aromatic N) is 2. The summed E-state index contributed by atoms with van der Waals surface area (Å²) >= 11 is 3.29. The van der Waals surface area contributed by atoms with Crippen LogP contribution in [0.4, 0.5) is 5.69 Å². The van der Waals surface area contributed by atoms with Crippen molar-refractivity contribution in [3.05, 3.63) is 84.2 Å². The molecule has 27 heavy (non-hydrogen) atoms. The Balaban J connectivity index is 1.81. The molecule has 0 radical (unpaired) electrons. The van der Waals surface area contributed by atoms with Crippen LogP contribution < -0.4 is 5.63 Å². The molecule has 2 aromatic carbocycles. The second kappa shape index (κ2) is 6.13. The van der Waals surface area contributed by atoms with E-state index in [1.165, 1.54) is 24.3 Å². The van der Waals surface area contributed by atoms with E-state index < -0.39 is 28.1 Å². The maximum Gasteiger partial charge on any atom is 0.336 e. The monoisotopic (exact) mass is 428 g/mol. The first kappa shape index (κ1) is 17.1. The van der Waals surface area contributed by atoms with Gasteiger partial charge >= 0.3 is 5.63 Å². The van der Waals surface area contributed by atoms with Crippen molar-refractivity contribution in [3.63, 3.8) is 0 Å². The van der Waals surface area contributed by atoms with Gasteiger partial charge in [-0.1, -0.05) is 22.0 Å². The average Bonchev–Trinajstić information content (AvgIpc) is 2.86. The van der Waals surface area contributed by atoms with Gasteiger partial charge < -0.3 is 4.42 Å². The standard InChI is InChI=1S/C18H9BrN2O6/c19-10-4-5-11-9(6-15(22)27-14(11)7-10)8-20-17(23)12-2-1-3-13(21(25)26)16(12)18(20)24/h1-7H,8H2. The summed E-state index contributed by atoms with van der Waals surface area (Å²) in [5, 5.41) is 11.8. The van der Waals surface area contributed by atoms with Crippen LogP contribution in [-0.4, -0.2) is 21.6 Å². The van der Waals surface area contributed by atoms with Crippen LogP contribution in [0.25, 0.3) is 11.0 Å².